The van der Waals surface area contributed by atoms with Crippen molar-refractivity contribution in [1.82, 2.24) is 20.2 Å². The molecule has 1 saturated heterocycles. The smallest absolute Gasteiger partial charge is 0.251 e. The van der Waals surface area contributed by atoms with Crippen molar-refractivity contribution in [2.45, 2.75) is 25.9 Å². The number of imidazole rings is 1. The number of fused-ring (bicyclic) bond motifs is 1. The second-order valence-electron chi connectivity index (χ2n) is 9.24. The van der Waals surface area contributed by atoms with Crippen molar-refractivity contribution < 1.29 is 14.4 Å². The number of carbonyl (C=O) groups is 3. The first-order chi connectivity index (χ1) is 18.5. The number of anilines is 1. The topological polar surface area (TPSA) is 122 Å². The fourth-order valence-electron chi connectivity index (χ4n) is 4.58. The molecule has 0 radical (unpaired) electrons. The molecule has 1 aliphatic rings. The molecule has 0 aliphatic carbocycles. The maximum absolute atomic E-state index is 13.2. The van der Waals surface area contributed by atoms with Gasteiger partial charge in [0, 0.05) is 51.3 Å². The Morgan fingerprint density at radius 2 is 1.82 bits per heavy atom. The number of Topliss-reactive ketones (excluding diaryl/α,β-unsaturated/α-hetero) is 1. The van der Waals surface area contributed by atoms with E-state index in [1.807, 2.05) is 53.1 Å². The van der Waals surface area contributed by atoms with E-state index < -0.39 is 5.91 Å². The molecule has 196 valence electrons. The van der Waals surface area contributed by atoms with Gasteiger partial charge in [0.15, 0.2) is 5.78 Å². The number of aryl methyl sites for hydroxylation is 1. The number of primary amides is 1. The third-order valence-electron chi connectivity index (χ3n) is 6.58. The van der Waals surface area contributed by atoms with Crippen molar-refractivity contribution >= 4 is 45.0 Å². The number of piperazine rings is 1. The van der Waals surface area contributed by atoms with Crippen molar-refractivity contribution in [3.63, 3.8) is 0 Å². The van der Waals surface area contributed by atoms with E-state index in [1.165, 1.54) is 11.3 Å². The number of carbonyl (C=O) groups excluding carboxylic acids is 3. The van der Waals surface area contributed by atoms with Crippen LogP contribution in [0.25, 0.3) is 11.0 Å². The highest BCUT2D eigenvalue weighted by Crippen LogP contribution is 2.28. The molecule has 2 aromatic heterocycles. The van der Waals surface area contributed by atoms with E-state index in [0.29, 0.717) is 34.9 Å². The average Bonchev–Trinajstić information content (AvgIpc) is 3.56. The summed E-state index contributed by atoms with van der Waals surface area (Å²) in [5, 5.41) is 7.37. The lowest BCUT2D eigenvalue weighted by atomic mass is 10.1. The third kappa shape index (κ3) is 5.92. The quantitative estimate of drug-likeness (QED) is 0.271. The lowest BCUT2D eigenvalue weighted by molar-refractivity contribution is -0.118. The first kappa shape index (κ1) is 25.6. The largest absolute Gasteiger partial charge is 0.370 e. The van der Waals surface area contributed by atoms with Crippen LogP contribution >= 0.6 is 11.3 Å². The Morgan fingerprint density at radius 1 is 1.03 bits per heavy atom. The SMILES string of the molecule is NC(=O)CCn1c(CC(=O)c2ccc(N3CCNCC3)s2)nc2cc(CNC(=O)c3ccccc3)ccc21. The number of hydrogen-bond donors (Lipinski definition) is 3. The molecule has 0 unspecified atom stereocenters. The molecule has 2 amide bonds. The number of thiophene rings is 1. The van der Waals surface area contributed by atoms with Crippen molar-refractivity contribution in [3.05, 3.63) is 82.5 Å². The van der Waals surface area contributed by atoms with Crippen LogP contribution < -0.4 is 21.3 Å². The molecule has 9 nitrogen and oxygen atoms in total. The normalized spacial score (nSPS) is 13.5. The lowest BCUT2D eigenvalue weighted by Gasteiger charge is -2.27. The standard InChI is InChI=1S/C28H30N6O3S/c29-25(36)10-13-34-22-7-6-19(18-31-28(37)20-4-2-1-3-5-20)16-21(22)32-26(34)17-23(35)24-8-9-27(38-24)33-14-11-30-12-15-33/h1-9,16,30H,10-15,17-18H2,(H2,29,36)(H,31,37). The summed E-state index contributed by atoms with van der Waals surface area (Å²) in [6.07, 6.45) is 0.267. The Bertz CT molecular complexity index is 1460. The molecule has 1 fully saturated rings. The van der Waals surface area contributed by atoms with Gasteiger partial charge < -0.3 is 25.8 Å². The second kappa shape index (κ2) is 11.6. The molecule has 0 saturated carbocycles. The fraction of sp³-hybridized carbons (Fsp3) is 0.286. The molecule has 4 N–H and O–H groups in total. The van der Waals surface area contributed by atoms with Gasteiger partial charge in [-0.25, -0.2) is 4.98 Å². The van der Waals surface area contributed by atoms with Crippen molar-refractivity contribution in [2.24, 2.45) is 5.73 Å². The molecule has 10 heteroatoms. The van der Waals surface area contributed by atoms with Crippen LogP contribution in [0.5, 0.6) is 0 Å². The molecule has 1 aliphatic heterocycles. The van der Waals surface area contributed by atoms with E-state index in [2.05, 4.69) is 15.5 Å². The molecule has 3 heterocycles. The number of benzene rings is 2. The molecule has 0 spiro atoms. The molecule has 4 aromatic rings. The highest BCUT2D eigenvalue weighted by Gasteiger charge is 2.20. The lowest BCUT2D eigenvalue weighted by Crippen LogP contribution is -2.43. The van der Waals surface area contributed by atoms with Gasteiger partial charge in [0.05, 0.1) is 27.3 Å². The molecule has 0 atom stereocenters. The van der Waals surface area contributed by atoms with Gasteiger partial charge in [0.1, 0.15) is 5.82 Å². The van der Waals surface area contributed by atoms with E-state index in [-0.39, 0.29) is 24.5 Å². The highest BCUT2D eigenvalue weighted by atomic mass is 32.1. The Labute approximate surface area is 224 Å². The van der Waals surface area contributed by atoms with Gasteiger partial charge in [-0.2, -0.15) is 0 Å². The predicted octanol–water partition coefficient (Wildman–Crippen LogP) is 2.74. The number of nitrogens with zero attached hydrogens (tertiary/aromatic N) is 3. The summed E-state index contributed by atoms with van der Waals surface area (Å²) in [6.45, 7) is 4.40. The van der Waals surface area contributed by atoms with Gasteiger partial charge in [0.2, 0.25) is 5.91 Å². The Balaban J connectivity index is 1.34. The second-order valence-corrected chi connectivity index (χ2v) is 10.3. The Hall–Kier alpha value is -4.02. The molecule has 38 heavy (non-hydrogen) atoms. The molecular weight excluding hydrogens is 500 g/mol. The number of rotatable bonds is 10. The number of nitrogens with two attached hydrogens (primary N) is 1. The molecular formula is C28H30N6O3S. The van der Waals surface area contributed by atoms with E-state index in [9.17, 15) is 14.4 Å². The van der Waals surface area contributed by atoms with Gasteiger partial charge in [-0.3, -0.25) is 14.4 Å². The minimum Gasteiger partial charge on any atom is -0.370 e. The number of hydrogen-bond acceptors (Lipinski definition) is 7. The van der Waals surface area contributed by atoms with Gasteiger partial charge in [0.25, 0.3) is 5.91 Å². The number of amides is 2. The Kier molecular flexibility index (Phi) is 7.81. The Morgan fingerprint density at radius 3 is 2.58 bits per heavy atom. The van der Waals surface area contributed by atoms with E-state index in [4.69, 9.17) is 10.7 Å². The van der Waals surface area contributed by atoms with Crippen LogP contribution in [0.15, 0.2) is 60.7 Å². The summed E-state index contributed by atoms with van der Waals surface area (Å²) in [4.78, 5) is 44.9. The summed E-state index contributed by atoms with van der Waals surface area (Å²) in [5.74, 6) is 0.0135. The summed E-state index contributed by atoms with van der Waals surface area (Å²) >= 11 is 1.50. The van der Waals surface area contributed by atoms with Crippen LogP contribution in [-0.4, -0.2) is 53.3 Å². The van der Waals surface area contributed by atoms with Gasteiger partial charge in [-0.15, -0.1) is 11.3 Å². The molecule has 0 bridgehead atoms. The number of aromatic nitrogens is 2. The van der Waals surface area contributed by atoms with Gasteiger partial charge in [-0.05, 0) is 42.0 Å². The first-order valence-electron chi connectivity index (χ1n) is 12.7. The summed E-state index contributed by atoms with van der Waals surface area (Å²) in [6, 6.07) is 18.7. The van der Waals surface area contributed by atoms with Crippen molar-refractivity contribution in [1.29, 1.82) is 0 Å². The van der Waals surface area contributed by atoms with Gasteiger partial charge >= 0.3 is 0 Å². The van der Waals surface area contributed by atoms with E-state index in [0.717, 1.165) is 42.3 Å². The van der Waals surface area contributed by atoms with E-state index in [1.54, 1.807) is 12.1 Å². The minimum atomic E-state index is -0.414. The molecule has 5 rings (SSSR count). The van der Waals surface area contributed by atoms with Crippen LogP contribution in [0, 0.1) is 0 Å². The number of nitrogens with one attached hydrogen (secondary N) is 2. The van der Waals surface area contributed by atoms with E-state index >= 15 is 0 Å². The zero-order valence-electron chi connectivity index (χ0n) is 21.0. The fourth-order valence-corrected chi connectivity index (χ4v) is 5.57. The number of ketones is 1. The summed E-state index contributed by atoms with van der Waals surface area (Å²) < 4.78 is 1.90. The van der Waals surface area contributed by atoms with Crippen LogP contribution in [-0.2, 0) is 24.3 Å². The third-order valence-corrected chi connectivity index (χ3v) is 7.76. The monoisotopic (exact) mass is 530 g/mol. The van der Waals surface area contributed by atoms with Crippen LogP contribution in [0.4, 0.5) is 5.00 Å². The predicted molar refractivity (Wildman–Crippen MR) is 149 cm³/mol. The maximum Gasteiger partial charge on any atom is 0.251 e. The molecule has 2 aromatic carbocycles. The van der Waals surface area contributed by atoms with Crippen LogP contribution in [0.3, 0.4) is 0 Å². The van der Waals surface area contributed by atoms with Crippen LogP contribution in [0.2, 0.25) is 0 Å². The zero-order chi connectivity index (χ0) is 26.5. The van der Waals surface area contributed by atoms with Crippen LogP contribution in [0.1, 0.15) is 37.8 Å². The maximum atomic E-state index is 13.2. The van der Waals surface area contributed by atoms with Gasteiger partial charge in [-0.1, -0.05) is 24.3 Å². The summed E-state index contributed by atoms with van der Waals surface area (Å²) in [7, 11) is 0. The average molecular weight is 531 g/mol. The zero-order valence-corrected chi connectivity index (χ0v) is 21.8. The minimum absolute atomic E-state index is 0.0117. The first-order valence-corrected chi connectivity index (χ1v) is 13.5. The summed E-state index contributed by atoms with van der Waals surface area (Å²) in [5.41, 5.74) is 8.43. The highest BCUT2D eigenvalue weighted by molar-refractivity contribution is 7.18. The van der Waals surface area contributed by atoms with Crippen molar-refractivity contribution in [2.75, 3.05) is 31.1 Å². The van der Waals surface area contributed by atoms with Crippen molar-refractivity contribution in [3.8, 4) is 0 Å².